The Morgan fingerprint density at radius 3 is 2.57 bits per heavy atom. The summed E-state index contributed by atoms with van der Waals surface area (Å²) in [4.78, 5) is 37.7. The third-order valence-electron chi connectivity index (χ3n) is 3.82. The summed E-state index contributed by atoms with van der Waals surface area (Å²) in [5.74, 6) is -0.478. The SMILES string of the molecule is CC(C)(C)OC(=O)N(C=N)c1ccc(OCCCN2CCNC(=O)C2=O)cc1. The lowest BCUT2D eigenvalue weighted by atomic mass is 10.2. The van der Waals surface area contributed by atoms with E-state index in [1.54, 1.807) is 45.0 Å². The quantitative estimate of drug-likeness (QED) is 0.319. The van der Waals surface area contributed by atoms with Crippen LogP contribution in [0.5, 0.6) is 5.75 Å². The summed E-state index contributed by atoms with van der Waals surface area (Å²) in [6.45, 7) is 7.07. The largest absolute Gasteiger partial charge is 0.494 e. The van der Waals surface area contributed by atoms with Crippen LogP contribution < -0.4 is 15.0 Å². The molecule has 0 aliphatic carbocycles. The van der Waals surface area contributed by atoms with Gasteiger partial charge in [-0.25, -0.2) is 9.69 Å². The second-order valence-corrected chi connectivity index (χ2v) is 7.22. The molecule has 152 valence electrons. The predicted octanol–water partition coefficient (Wildman–Crippen LogP) is 1.76. The molecular weight excluding hydrogens is 364 g/mol. The van der Waals surface area contributed by atoms with Gasteiger partial charge in [0.2, 0.25) is 0 Å². The van der Waals surface area contributed by atoms with Crippen molar-refractivity contribution in [2.75, 3.05) is 31.1 Å². The van der Waals surface area contributed by atoms with Crippen LogP contribution in [-0.2, 0) is 14.3 Å². The summed E-state index contributed by atoms with van der Waals surface area (Å²) in [6.07, 6.45) is 0.854. The number of piperazine rings is 1. The molecule has 0 bridgehead atoms. The number of hydrogen-bond acceptors (Lipinski definition) is 6. The Labute approximate surface area is 164 Å². The highest BCUT2D eigenvalue weighted by Gasteiger charge is 2.25. The fourth-order valence-corrected chi connectivity index (χ4v) is 2.53. The van der Waals surface area contributed by atoms with Gasteiger partial charge in [0.15, 0.2) is 0 Å². The first kappa shape index (κ1) is 21.2. The lowest BCUT2D eigenvalue weighted by Crippen LogP contribution is -2.52. The van der Waals surface area contributed by atoms with Crippen LogP contribution in [0.3, 0.4) is 0 Å². The first-order valence-electron chi connectivity index (χ1n) is 9.04. The topological polar surface area (TPSA) is 112 Å². The van der Waals surface area contributed by atoms with E-state index in [2.05, 4.69) is 5.32 Å². The third-order valence-corrected chi connectivity index (χ3v) is 3.82. The molecule has 9 nitrogen and oxygen atoms in total. The van der Waals surface area contributed by atoms with Crippen molar-refractivity contribution < 1.29 is 23.9 Å². The van der Waals surface area contributed by atoms with Crippen molar-refractivity contribution in [1.29, 1.82) is 5.41 Å². The Bertz CT molecular complexity index is 727. The summed E-state index contributed by atoms with van der Waals surface area (Å²) in [7, 11) is 0. The van der Waals surface area contributed by atoms with Gasteiger partial charge in [0.25, 0.3) is 0 Å². The summed E-state index contributed by atoms with van der Waals surface area (Å²) in [5, 5.41) is 9.96. The Hall–Kier alpha value is -3.10. The molecule has 0 radical (unpaired) electrons. The minimum Gasteiger partial charge on any atom is -0.494 e. The standard InChI is InChI=1S/C19H26N4O5/c1-19(2,3)28-18(26)23(13-20)14-5-7-15(8-6-14)27-12-4-10-22-11-9-21-16(24)17(22)25/h5-8,13,20H,4,9-12H2,1-3H3,(H,21,24). The second-order valence-electron chi connectivity index (χ2n) is 7.22. The summed E-state index contributed by atoms with van der Waals surface area (Å²) in [6, 6.07) is 6.69. The number of nitrogens with zero attached hydrogens (tertiary/aromatic N) is 2. The zero-order valence-electron chi connectivity index (χ0n) is 16.4. The fraction of sp³-hybridized carbons (Fsp3) is 0.474. The number of amides is 3. The normalized spacial score (nSPS) is 14.3. The van der Waals surface area contributed by atoms with Gasteiger partial charge in [0.1, 0.15) is 11.4 Å². The first-order chi connectivity index (χ1) is 13.2. The molecule has 3 amide bonds. The minimum atomic E-state index is -0.655. The van der Waals surface area contributed by atoms with Gasteiger partial charge in [-0.3, -0.25) is 15.0 Å². The zero-order valence-corrected chi connectivity index (χ0v) is 16.4. The van der Waals surface area contributed by atoms with Crippen molar-refractivity contribution in [2.24, 2.45) is 0 Å². The van der Waals surface area contributed by atoms with Gasteiger partial charge in [-0.05, 0) is 51.5 Å². The molecule has 0 aromatic heterocycles. The molecule has 2 rings (SSSR count). The molecule has 1 saturated heterocycles. The van der Waals surface area contributed by atoms with Crippen LogP contribution >= 0.6 is 0 Å². The van der Waals surface area contributed by atoms with Crippen LogP contribution in [0.25, 0.3) is 0 Å². The molecule has 0 atom stereocenters. The molecule has 0 saturated carbocycles. The molecule has 1 heterocycles. The van der Waals surface area contributed by atoms with Crippen molar-refractivity contribution in [3.8, 4) is 5.75 Å². The molecule has 2 N–H and O–H groups in total. The molecule has 1 aliphatic heterocycles. The smallest absolute Gasteiger partial charge is 0.420 e. The molecule has 1 aliphatic rings. The van der Waals surface area contributed by atoms with Crippen LogP contribution in [-0.4, -0.2) is 61.0 Å². The zero-order chi connectivity index (χ0) is 20.7. The van der Waals surface area contributed by atoms with E-state index in [-0.39, 0.29) is 0 Å². The van der Waals surface area contributed by atoms with Gasteiger partial charge in [0, 0.05) is 19.6 Å². The maximum atomic E-state index is 12.1. The number of anilines is 1. The molecule has 0 unspecified atom stereocenters. The van der Waals surface area contributed by atoms with Crippen molar-refractivity contribution in [1.82, 2.24) is 10.2 Å². The van der Waals surface area contributed by atoms with Gasteiger partial charge in [-0.2, -0.15) is 0 Å². The highest BCUT2D eigenvalue weighted by Crippen LogP contribution is 2.21. The molecule has 1 aromatic rings. The first-order valence-corrected chi connectivity index (χ1v) is 9.04. The molecule has 9 heteroatoms. The second kappa shape index (κ2) is 9.20. The fourth-order valence-electron chi connectivity index (χ4n) is 2.53. The number of hydrogen-bond donors (Lipinski definition) is 2. The molecular formula is C19H26N4O5. The molecule has 28 heavy (non-hydrogen) atoms. The predicted molar refractivity (Wildman–Crippen MR) is 104 cm³/mol. The highest BCUT2D eigenvalue weighted by atomic mass is 16.6. The number of benzene rings is 1. The number of carbonyl (C=O) groups is 3. The number of carbonyl (C=O) groups excluding carboxylic acids is 3. The van der Waals surface area contributed by atoms with Crippen molar-refractivity contribution >= 4 is 29.9 Å². The van der Waals surface area contributed by atoms with E-state index in [1.807, 2.05) is 0 Å². The Morgan fingerprint density at radius 2 is 1.96 bits per heavy atom. The number of nitrogens with one attached hydrogen (secondary N) is 2. The van der Waals surface area contributed by atoms with Crippen molar-refractivity contribution in [3.63, 3.8) is 0 Å². The van der Waals surface area contributed by atoms with Crippen molar-refractivity contribution in [3.05, 3.63) is 24.3 Å². The maximum Gasteiger partial charge on any atom is 0.420 e. The van der Waals surface area contributed by atoms with Gasteiger partial charge in [-0.15, -0.1) is 0 Å². The lowest BCUT2D eigenvalue weighted by Gasteiger charge is -2.26. The van der Waals surface area contributed by atoms with E-state index < -0.39 is 23.5 Å². The lowest BCUT2D eigenvalue weighted by molar-refractivity contribution is -0.148. The van der Waals surface area contributed by atoms with E-state index in [9.17, 15) is 14.4 Å². The minimum absolute atomic E-state index is 0.380. The van der Waals surface area contributed by atoms with Crippen LogP contribution in [0.2, 0.25) is 0 Å². The monoisotopic (exact) mass is 390 g/mol. The Balaban J connectivity index is 1.83. The summed E-state index contributed by atoms with van der Waals surface area (Å²) < 4.78 is 10.9. The molecule has 1 fully saturated rings. The van der Waals surface area contributed by atoms with Gasteiger partial charge in [-0.1, -0.05) is 0 Å². The Kier molecular flexibility index (Phi) is 6.97. The molecule has 1 aromatic carbocycles. The third kappa shape index (κ3) is 5.97. The van der Waals surface area contributed by atoms with E-state index in [4.69, 9.17) is 14.9 Å². The average Bonchev–Trinajstić information content (AvgIpc) is 2.62. The number of ether oxygens (including phenoxy) is 2. The summed E-state index contributed by atoms with van der Waals surface area (Å²) in [5.41, 5.74) is -0.167. The van der Waals surface area contributed by atoms with E-state index in [0.29, 0.717) is 44.1 Å². The Morgan fingerprint density at radius 1 is 1.29 bits per heavy atom. The number of rotatable bonds is 7. The van der Waals surface area contributed by atoms with Crippen LogP contribution in [0.1, 0.15) is 27.2 Å². The van der Waals surface area contributed by atoms with E-state index in [0.717, 1.165) is 11.2 Å². The van der Waals surface area contributed by atoms with Gasteiger partial charge >= 0.3 is 17.9 Å². The summed E-state index contributed by atoms with van der Waals surface area (Å²) >= 11 is 0. The highest BCUT2D eigenvalue weighted by molar-refractivity contribution is 6.35. The maximum absolute atomic E-state index is 12.1. The van der Waals surface area contributed by atoms with Crippen molar-refractivity contribution in [2.45, 2.75) is 32.8 Å². The average molecular weight is 390 g/mol. The van der Waals surface area contributed by atoms with E-state index >= 15 is 0 Å². The van der Waals surface area contributed by atoms with Crippen LogP contribution in [0.15, 0.2) is 24.3 Å². The van der Waals surface area contributed by atoms with Gasteiger partial charge < -0.3 is 19.7 Å². The van der Waals surface area contributed by atoms with Gasteiger partial charge in [0.05, 0.1) is 18.6 Å². The van der Waals surface area contributed by atoms with E-state index in [1.165, 1.54) is 4.90 Å². The molecule has 0 spiro atoms. The van der Waals surface area contributed by atoms with Crippen LogP contribution in [0.4, 0.5) is 10.5 Å². The van der Waals surface area contributed by atoms with Crippen LogP contribution in [0, 0.1) is 5.41 Å².